The molecule has 0 bridgehead atoms. The highest BCUT2D eigenvalue weighted by atomic mass is 32.2. The van der Waals surface area contributed by atoms with Crippen LogP contribution in [0.5, 0.6) is 0 Å². The Labute approximate surface area is 76.5 Å². The molecule has 0 aliphatic heterocycles. The molecule has 0 fully saturated rings. The molecule has 1 aromatic carbocycles. The van der Waals surface area contributed by atoms with Gasteiger partial charge in [-0.05, 0) is 23.2 Å². The van der Waals surface area contributed by atoms with Crippen molar-refractivity contribution in [2.45, 2.75) is 4.90 Å². The smallest absolute Gasteiger partial charge is 0.336 e. The SMILES string of the molecule is Nc1cccc(C(=O)O)c1S(=O)[O-]. The van der Waals surface area contributed by atoms with Crippen LogP contribution in [-0.4, -0.2) is 19.8 Å². The van der Waals surface area contributed by atoms with E-state index in [9.17, 15) is 13.6 Å². The molecule has 1 unspecified atom stereocenters. The lowest BCUT2D eigenvalue weighted by Crippen LogP contribution is -2.06. The molecule has 1 aromatic rings. The van der Waals surface area contributed by atoms with Gasteiger partial charge in [-0.15, -0.1) is 0 Å². The van der Waals surface area contributed by atoms with Gasteiger partial charge < -0.3 is 15.4 Å². The third kappa shape index (κ3) is 1.85. The summed E-state index contributed by atoms with van der Waals surface area (Å²) in [5, 5.41) is 8.61. The van der Waals surface area contributed by atoms with Gasteiger partial charge in [0.25, 0.3) is 0 Å². The minimum Gasteiger partial charge on any atom is -0.768 e. The second-order valence-electron chi connectivity index (χ2n) is 2.26. The summed E-state index contributed by atoms with van der Waals surface area (Å²) < 4.78 is 21.2. The molecule has 0 radical (unpaired) electrons. The van der Waals surface area contributed by atoms with Crippen LogP contribution in [0.15, 0.2) is 23.1 Å². The predicted molar refractivity (Wildman–Crippen MR) is 45.0 cm³/mol. The number of aromatic carboxylic acids is 1. The van der Waals surface area contributed by atoms with E-state index >= 15 is 0 Å². The van der Waals surface area contributed by atoms with Crippen molar-refractivity contribution in [1.82, 2.24) is 0 Å². The molecule has 0 spiro atoms. The van der Waals surface area contributed by atoms with E-state index in [1.807, 2.05) is 0 Å². The van der Waals surface area contributed by atoms with Crippen molar-refractivity contribution in [2.75, 3.05) is 5.73 Å². The Morgan fingerprint density at radius 1 is 1.54 bits per heavy atom. The molecule has 0 aromatic heterocycles. The molecule has 0 heterocycles. The van der Waals surface area contributed by atoms with E-state index in [1.54, 1.807) is 0 Å². The Bertz CT molecular complexity index is 377. The molecule has 1 atom stereocenters. The minimum atomic E-state index is -2.63. The summed E-state index contributed by atoms with van der Waals surface area (Å²) in [6.45, 7) is 0. The molecule has 1 rings (SSSR count). The summed E-state index contributed by atoms with van der Waals surface area (Å²) >= 11 is -2.63. The number of nitrogens with two attached hydrogens (primary N) is 1. The number of carboxylic acids is 1. The highest BCUT2D eigenvalue weighted by Gasteiger charge is 2.12. The Balaban J connectivity index is 3.43. The second-order valence-corrected chi connectivity index (χ2v) is 3.14. The maximum atomic E-state index is 10.6. The molecule has 6 heteroatoms. The lowest BCUT2D eigenvalue weighted by Gasteiger charge is -2.10. The van der Waals surface area contributed by atoms with Crippen molar-refractivity contribution in [1.29, 1.82) is 0 Å². The summed E-state index contributed by atoms with van der Waals surface area (Å²) in [5.74, 6) is -1.31. The van der Waals surface area contributed by atoms with Gasteiger partial charge in [0.1, 0.15) is 0 Å². The quantitative estimate of drug-likeness (QED) is 0.524. The second kappa shape index (κ2) is 3.55. The Hall–Kier alpha value is -1.40. The number of hydrogen-bond acceptors (Lipinski definition) is 4. The molecular weight excluding hydrogens is 194 g/mol. The van der Waals surface area contributed by atoms with Crippen molar-refractivity contribution in [3.8, 4) is 0 Å². The van der Waals surface area contributed by atoms with Crippen LogP contribution in [0, 0.1) is 0 Å². The molecule has 0 aliphatic carbocycles. The zero-order valence-electron chi connectivity index (χ0n) is 6.39. The fourth-order valence-corrected chi connectivity index (χ4v) is 1.50. The van der Waals surface area contributed by atoms with Crippen molar-refractivity contribution >= 4 is 22.7 Å². The number of hydrogen-bond donors (Lipinski definition) is 2. The highest BCUT2D eigenvalue weighted by molar-refractivity contribution is 7.79. The van der Waals surface area contributed by atoms with Crippen molar-refractivity contribution < 1.29 is 18.7 Å². The third-order valence-electron chi connectivity index (χ3n) is 1.44. The first-order valence-electron chi connectivity index (χ1n) is 3.25. The van der Waals surface area contributed by atoms with Crippen LogP contribution in [-0.2, 0) is 11.1 Å². The van der Waals surface area contributed by atoms with E-state index in [0.717, 1.165) is 0 Å². The summed E-state index contributed by atoms with van der Waals surface area (Å²) in [7, 11) is 0. The van der Waals surface area contributed by atoms with E-state index in [0.29, 0.717) is 0 Å². The number of carbonyl (C=O) groups is 1. The fraction of sp³-hybridized carbons (Fsp3) is 0. The van der Waals surface area contributed by atoms with E-state index in [1.165, 1.54) is 18.2 Å². The molecule has 3 N–H and O–H groups in total. The number of carboxylic acid groups (broad SMARTS) is 1. The van der Waals surface area contributed by atoms with Crippen LogP contribution < -0.4 is 5.73 Å². The topological polar surface area (TPSA) is 103 Å². The average Bonchev–Trinajstić information content (AvgIpc) is 2.02. The number of benzene rings is 1. The van der Waals surface area contributed by atoms with Gasteiger partial charge in [-0.2, -0.15) is 0 Å². The summed E-state index contributed by atoms with van der Waals surface area (Å²) in [6.07, 6.45) is 0. The third-order valence-corrected chi connectivity index (χ3v) is 2.23. The molecule has 0 saturated heterocycles. The highest BCUT2D eigenvalue weighted by Crippen LogP contribution is 2.19. The van der Waals surface area contributed by atoms with E-state index in [4.69, 9.17) is 10.8 Å². The molecule has 5 nitrogen and oxygen atoms in total. The molecular formula is C7H6NO4S-. The first kappa shape index (κ1) is 9.69. The maximum Gasteiger partial charge on any atom is 0.336 e. The summed E-state index contributed by atoms with van der Waals surface area (Å²) in [6, 6.07) is 3.90. The maximum absolute atomic E-state index is 10.6. The fourth-order valence-electron chi connectivity index (χ4n) is 0.909. The van der Waals surface area contributed by atoms with Crippen LogP contribution in [0.1, 0.15) is 10.4 Å². The largest absolute Gasteiger partial charge is 0.768 e. The van der Waals surface area contributed by atoms with Crippen LogP contribution in [0.25, 0.3) is 0 Å². The summed E-state index contributed by atoms with van der Waals surface area (Å²) in [4.78, 5) is 10.2. The normalized spacial score (nSPS) is 12.4. The van der Waals surface area contributed by atoms with E-state index in [2.05, 4.69) is 0 Å². The first-order chi connectivity index (χ1) is 6.04. The molecule has 0 amide bonds. The van der Waals surface area contributed by atoms with E-state index < -0.39 is 17.0 Å². The number of anilines is 1. The Morgan fingerprint density at radius 2 is 2.15 bits per heavy atom. The van der Waals surface area contributed by atoms with Crippen molar-refractivity contribution in [3.63, 3.8) is 0 Å². The molecule has 0 saturated carbocycles. The van der Waals surface area contributed by atoms with Gasteiger partial charge in [0.2, 0.25) is 0 Å². The van der Waals surface area contributed by atoms with Crippen LogP contribution in [0.3, 0.4) is 0 Å². The van der Waals surface area contributed by atoms with Crippen molar-refractivity contribution in [3.05, 3.63) is 23.8 Å². The van der Waals surface area contributed by atoms with Crippen molar-refractivity contribution in [2.24, 2.45) is 0 Å². The molecule has 70 valence electrons. The first-order valence-corrected chi connectivity index (χ1v) is 4.32. The minimum absolute atomic E-state index is 0.0618. The monoisotopic (exact) mass is 200 g/mol. The van der Waals surface area contributed by atoms with Gasteiger partial charge in [-0.25, -0.2) is 4.79 Å². The van der Waals surface area contributed by atoms with Crippen LogP contribution >= 0.6 is 0 Å². The number of rotatable bonds is 2. The van der Waals surface area contributed by atoms with Gasteiger partial charge in [-0.1, -0.05) is 6.07 Å². The molecule has 13 heavy (non-hydrogen) atoms. The Morgan fingerprint density at radius 3 is 2.54 bits per heavy atom. The lowest BCUT2D eigenvalue weighted by molar-refractivity contribution is 0.0692. The zero-order valence-corrected chi connectivity index (χ0v) is 7.21. The van der Waals surface area contributed by atoms with Gasteiger partial charge in [0.15, 0.2) is 0 Å². The van der Waals surface area contributed by atoms with Crippen LogP contribution in [0.2, 0.25) is 0 Å². The molecule has 0 aliphatic rings. The predicted octanol–water partition coefficient (Wildman–Crippen LogP) is 0.205. The Kier molecular flexibility index (Phi) is 2.64. The van der Waals surface area contributed by atoms with Gasteiger partial charge in [-0.3, -0.25) is 4.21 Å². The van der Waals surface area contributed by atoms with Gasteiger partial charge in [0, 0.05) is 5.69 Å². The number of nitrogen functional groups attached to an aromatic ring is 1. The average molecular weight is 200 g/mol. The van der Waals surface area contributed by atoms with Gasteiger partial charge in [0.05, 0.1) is 10.5 Å². The lowest BCUT2D eigenvalue weighted by atomic mass is 10.2. The van der Waals surface area contributed by atoms with Gasteiger partial charge >= 0.3 is 5.97 Å². The standard InChI is InChI=1S/C7H7NO4S/c8-5-3-1-2-4(7(9)10)6(5)13(11)12/h1-3H,8H2,(H,9,10)(H,11,12)/p-1. The van der Waals surface area contributed by atoms with E-state index in [-0.39, 0.29) is 16.1 Å². The van der Waals surface area contributed by atoms with Crippen LogP contribution in [0.4, 0.5) is 5.69 Å². The zero-order chi connectivity index (χ0) is 10.0. The summed E-state index contributed by atoms with van der Waals surface area (Å²) in [5.41, 5.74) is 4.93.